The second kappa shape index (κ2) is 6.67. The molecule has 1 aliphatic heterocycles. The molecule has 1 heterocycles. The van der Waals surface area contributed by atoms with Gasteiger partial charge in [-0.2, -0.15) is 0 Å². The van der Waals surface area contributed by atoms with E-state index in [2.05, 4.69) is 4.99 Å². The van der Waals surface area contributed by atoms with E-state index in [1.807, 2.05) is 31.2 Å². The van der Waals surface area contributed by atoms with Gasteiger partial charge in [0.25, 0.3) is 0 Å². The van der Waals surface area contributed by atoms with Crippen LogP contribution in [-0.2, 0) is 9.53 Å². The third kappa shape index (κ3) is 3.43. The standard InChI is InChI=1S/C18H14ClNO3/c1-2-22-16-9-4-3-6-12(16)11-15-18(21)23-17(20-15)13-7-5-8-14(19)10-13/h3-11H,2H2,1H3/b15-11-. The van der Waals surface area contributed by atoms with Crippen molar-refractivity contribution < 1.29 is 14.3 Å². The van der Waals surface area contributed by atoms with Gasteiger partial charge in [-0.15, -0.1) is 0 Å². The quantitative estimate of drug-likeness (QED) is 0.628. The van der Waals surface area contributed by atoms with Crippen LogP contribution < -0.4 is 4.74 Å². The Bertz CT molecular complexity index is 811. The zero-order valence-corrected chi connectivity index (χ0v) is 13.2. The average molecular weight is 328 g/mol. The maximum atomic E-state index is 12.0. The maximum absolute atomic E-state index is 12.0. The van der Waals surface area contributed by atoms with E-state index >= 15 is 0 Å². The number of carbonyl (C=O) groups is 1. The Kier molecular flexibility index (Phi) is 4.44. The van der Waals surface area contributed by atoms with Crippen molar-refractivity contribution in [1.29, 1.82) is 0 Å². The number of para-hydroxylation sites is 1. The maximum Gasteiger partial charge on any atom is 0.363 e. The van der Waals surface area contributed by atoms with Gasteiger partial charge in [0.05, 0.1) is 6.61 Å². The molecule has 0 saturated heterocycles. The average Bonchev–Trinajstić information content (AvgIpc) is 2.91. The molecule has 0 aliphatic carbocycles. The molecule has 0 saturated carbocycles. The molecule has 2 aromatic rings. The summed E-state index contributed by atoms with van der Waals surface area (Å²) in [5.41, 5.74) is 1.66. The number of cyclic esters (lactones) is 1. The lowest BCUT2D eigenvalue weighted by atomic mass is 10.1. The molecular weight excluding hydrogens is 314 g/mol. The summed E-state index contributed by atoms with van der Waals surface area (Å²) in [6.45, 7) is 2.45. The molecule has 0 bridgehead atoms. The van der Waals surface area contributed by atoms with Crippen molar-refractivity contribution in [3.8, 4) is 5.75 Å². The van der Waals surface area contributed by atoms with Crippen LogP contribution in [0.4, 0.5) is 0 Å². The fourth-order valence-electron chi connectivity index (χ4n) is 2.19. The van der Waals surface area contributed by atoms with Crippen molar-refractivity contribution in [3.05, 3.63) is 70.4 Å². The third-order valence-electron chi connectivity index (χ3n) is 3.20. The predicted octanol–water partition coefficient (Wildman–Crippen LogP) is 4.08. The van der Waals surface area contributed by atoms with Gasteiger partial charge in [0.2, 0.25) is 5.90 Å². The van der Waals surface area contributed by atoms with Crippen LogP contribution in [0.25, 0.3) is 6.08 Å². The number of hydrogen-bond acceptors (Lipinski definition) is 4. The van der Waals surface area contributed by atoms with Crippen LogP contribution in [-0.4, -0.2) is 18.5 Å². The summed E-state index contributed by atoms with van der Waals surface area (Å²) >= 11 is 5.95. The Hall–Kier alpha value is -2.59. The molecule has 23 heavy (non-hydrogen) atoms. The second-order valence-electron chi connectivity index (χ2n) is 4.82. The first-order chi connectivity index (χ1) is 11.2. The van der Waals surface area contributed by atoms with Crippen LogP contribution in [0.3, 0.4) is 0 Å². The number of benzene rings is 2. The van der Waals surface area contributed by atoms with Gasteiger partial charge in [-0.05, 0) is 37.3 Å². The zero-order valence-electron chi connectivity index (χ0n) is 12.5. The Morgan fingerprint density at radius 2 is 2.04 bits per heavy atom. The van der Waals surface area contributed by atoms with E-state index in [0.29, 0.717) is 22.9 Å². The highest BCUT2D eigenvalue weighted by Gasteiger charge is 2.24. The summed E-state index contributed by atoms with van der Waals surface area (Å²) < 4.78 is 10.8. The van der Waals surface area contributed by atoms with Crippen molar-refractivity contribution in [2.75, 3.05) is 6.61 Å². The lowest BCUT2D eigenvalue weighted by molar-refractivity contribution is -0.129. The number of esters is 1. The van der Waals surface area contributed by atoms with Gasteiger partial charge in [0.15, 0.2) is 5.70 Å². The number of hydrogen-bond donors (Lipinski definition) is 0. The van der Waals surface area contributed by atoms with E-state index in [4.69, 9.17) is 21.1 Å². The molecule has 0 aromatic heterocycles. The highest BCUT2D eigenvalue weighted by molar-refractivity contribution is 6.31. The van der Waals surface area contributed by atoms with Gasteiger partial charge in [0.1, 0.15) is 5.75 Å². The van der Waals surface area contributed by atoms with Crippen LogP contribution >= 0.6 is 11.6 Å². The van der Waals surface area contributed by atoms with Crippen LogP contribution in [0.2, 0.25) is 5.02 Å². The fraction of sp³-hybridized carbons (Fsp3) is 0.111. The van der Waals surface area contributed by atoms with E-state index in [1.54, 1.807) is 30.3 Å². The summed E-state index contributed by atoms with van der Waals surface area (Å²) in [6, 6.07) is 14.5. The minimum absolute atomic E-state index is 0.229. The van der Waals surface area contributed by atoms with Crippen LogP contribution in [0.15, 0.2) is 59.2 Å². The predicted molar refractivity (Wildman–Crippen MR) is 89.7 cm³/mol. The number of rotatable bonds is 4. The number of halogens is 1. The van der Waals surface area contributed by atoms with Crippen molar-refractivity contribution in [2.45, 2.75) is 6.92 Å². The minimum Gasteiger partial charge on any atom is -0.493 e. The first-order valence-corrected chi connectivity index (χ1v) is 7.55. The van der Waals surface area contributed by atoms with E-state index in [-0.39, 0.29) is 11.6 Å². The monoisotopic (exact) mass is 327 g/mol. The molecule has 2 aromatic carbocycles. The molecule has 0 unspecified atom stereocenters. The van der Waals surface area contributed by atoms with E-state index in [1.165, 1.54) is 0 Å². The smallest absolute Gasteiger partial charge is 0.363 e. The second-order valence-corrected chi connectivity index (χ2v) is 5.25. The highest BCUT2D eigenvalue weighted by Crippen LogP contribution is 2.25. The molecule has 0 radical (unpaired) electrons. The summed E-state index contributed by atoms with van der Waals surface area (Å²) in [7, 11) is 0. The summed E-state index contributed by atoms with van der Waals surface area (Å²) in [4.78, 5) is 16.3. The van der Waals surface area contributed by atoms with Gasteiger partial charge in [0, 0.05) is 16.1 Å². The van der Waals surface area contributed by atoms with E-state index in [9.17, 15) is 4.79 Å². The summed E-state index contributed by atoms with van der Waals surface area (Å²) in [6.07, 6.45) is 1.66. The Balaban J connectivity index is 1.95. The lowest BCUT2D eigenvalue weighted by Crippen LogP contribution is -2.05. The van der Waals surface area contributed by atoms with Gasteiger partial charge in [-0.3, -0.25) is 0 Å². The summed E-state index contributed by atoms with van der Waals surface area (Å²) in [5.74, 6) is 0.450. The molecular formula is C18H14ClNO3. The number of aliphatic imine (C=N–C) groups is 1. The number of carbonyl (C=O) groups excluding carboxylic acids is 1. The third-order valence-corrected chi connectivity index (χ3v) is 3.44. The van der Waals surface area contributed by atoms with Crippen molar-refractivity contribution in [2.24, 2.45) is 4.99 Å². The Labute approximate surface area is 139 Å². The van der Waals surface area contributed by atoms with Gasteiger partial charge < -0.3 is 9.47 Å². The Morgan fingerprint density at radius 3 is 2.83 bits per heavy atom. The van der Waals surface area contributed by atoms with Gasteiger partial charge in [-0.1, -0.05) is 35.9 Å². The number of ether oxygens (including phenoxy) is 2. The van der Waals surface area contributed by atoms with Crippen molar-refractivity contribution in [1.82, 2.24) is 0 Å². The largest absolute Gasteiger partial charge is 0.493 e. The molecule has 0 N–H and O–H groups in total. The van der Waals surface area contributed by atoms with E-state index < -0.39 is 5.97 Å². The minimum atomic E-state index is -0.494. The summed E-state index contributed by atoms with van der Waals surface area (Å²) in [5, 5.41) is 0.556. The van der Waals surface area contributed by atoms with Crippen molar-refractivity contribution in [3.63, 3.8) is 0 Å². The van der Waals surface area contributed by atoms with Crippen molar-refractivity contribution >= 4 is 29.5 Å². The molecule has 1 aliphatic rings. The Morgan fingerprint density at radius 1 is 1.22 bits per heavy atom. The SMILES string of the molecule is CCOc1ccccc1/C=C1\N=C(c2cccc(Cl)c2)OC1=O. The normalized spacial score (nSPS) is 15.5. The van der Waals surface area contributed by atoms with Gasteiger partial charge in [-0.25, -0.2) is 9.79 Å². The highest BCUT2D eigenvalue weighted by atomic mass is 35.5. The first kappa shape index (κ1) is 15.3. The zero-order chi connectivity index (χ0) is 16.2. The molecule has 0 spiro atoms. The van der Waals surface area contributed by atoms with Crippen LogP contribution in [0.1, 0.15) is 18.1 Å². The van der Waals surface area contributed by atoms with Crippen LogP contribution in [0.5, 0.6) is 5.75 Å². The molecule has 3 rings (SSSR count). The topological polar surface area (TPSA) is 47.9 Å². The lowest BCUT2D eigenvalue weighted by Gasteiger charge is -2.06. The molecule has 0 amide bonds. The fourth-order valence-corrected chi connectivity index (χ4v) is 2.38. The molecule has 116 valence electrons. The molecule has 5 heteroatoms. The number of nitrogens with zero attached hydrogens (tertiary/aromatic N) is 1. The van der Waals surface area contributed by atoms with Gasteiger partial charge >= 0.3 is 5.97 Å². The molecule has 0 atom stereocenters. The first-order valence-electron chi connectivity index (χ1n) is 7.17. The van der Waals surface area contributed by atoms with E-state index in [0.717, 1.165) is 5.56 Å². The molecule has 4 nitrogen and oxygen atoms in total. The molecule has 0 fully saturated rings. The van der Waals surface area contributed by atoms with Crippen LogP contribution in [0, 0.1) is 0 Å².